The van der Waals surface area contributed by atoms with Crippen LogP contribution in [-0.2, 0) is 14.3 Å². The number of hydrogen-bond acceptors (Lipinski definition) is 4. The van der Waals surface area contributed by atoms with Gasteiger partial charge in [-0.15, -0.1) is 6.58 Å². The Morgan fingerprint density at radius 3 is 2.73 bits per heavy atom. The van der Waals surface area contributed by atoms with Crippen molar-refractivity contribution in [1.82, 2.24) is 4.90 Å². The predicted octanol–water partition coefficient (Wildman–Crippen LogP) is 1.07. The lowest BCUT2D eigenvalue weighted by Gasteiger charge is -2.22. The van der Waals surface area contributed by atoms with E-state index in [9.17, 15) is 4.79 Å². The summed E-state index contributed by atoms with van der Waals surface area (Å²) in [6.45, 7) is 9.47. The van der Waals surface area contributed by atoms with Gasteiger partial charge in [0.2, 0.25) is 0 Å². The molecule has 0 aromatic carbocycles. The molecule has 4 nitrogen and oxygen atoms in total. The summed E-state index contributed by atoms with van der Waals surface area (Å²) in [6.07, 6.45) is 1.86. The molecular weight excluding hydrogens is 194 g/mol. The Morgan fingerprint density at radius 2 is 2.27 bits per heavy atom. The van der Waals surface area contributed by atoms with Gasteiger partial charge in [-0.3, -0.25) is 9.69 Å². The quantitative estimate of drug-likeness (QED) is 0.448. The fourth-order valence-corrected chi connectivity index (χ4v) is 1.21. The minimum atomic E-state index is -0.206. The summed E-state index contributed by atoms with van der Waals surface area (Å²) in [4.78, 5) is 13.2. The lowest BCUT2D eigenvalue weighted by atomic mass is 10.3. The standard InChI is InChI=1S/C11H21NO3/c1-5-7-12(8-10(3)14-4)9-11(13)15-6-2/h5,10H,1,6-9H2,2-4H3. The maximum atomic E-state index is 11.3. The van der Waals surface area contributed by atoms with Crippen molar-refractivity contribution in [3.8, 4) is 0 Å². The van der Waals surface area contributed by atoms with Crippen molar-refractivity contribution in [2.24, 2.45) is 0 Å². The fraction of sp³-hybridized carbons (Fsp3) is 0.727. The molecule has 0 saturated heterocycles. The zero-order chi connectivity index (χ0) is 11.7. The Labute approximate surface area is 91.8 Å². The van der Waals surface area contributed by atoms with Crippen LogP contribution in [-0.4, -0.2) is 50.3 Å². The fourth-order valence-electron chi connectivity index (χ4n) is 1.21. The van der Waals surface area contributed by atoms with Crippen molar-refractivity contribution < 1.29 is 14.3 Å². The zero-order valence-corrected chi connectivity index (χ0v) is 9.86. The van der Waals surface area contributed by atoms with Crippen LogP contribution in [0.2, 0.25) is 0 Å². The van der Waals surface area contributed by atoms with Crippen LogP contribution in [0.5, 0.6) is 0 Å². The van der Waals surface area contributed by atoms with Crippen molar-refractivity contribution in [3.63, 3.8) is 0 Å². The molecule has 0 N–H and O–H groups in total. The Hall–Kier alpha value is -0.870. The average molecular weight is 215 g/mol. The highest BCUT2D eigenvalue weighted by molar-refractivity contribution is 5.71. The first kappa shape index (κ1) is 14.1. The van der Waals surface area contributed by atoms with Gasteiger partial charge in [0.15, 0.2) is 0 Å². The first-order valence-corrected chi connectivity index (χ1v) is 5.15. The van der Waals surface area contributed by atoms with E-state index in [1.54, 1.807) is 20.1 Å². The molecular formula is C11H21NO3. The van der Waals surface area contributed by atoms with E-state index in [1.807, 2.05) is 11.8 Å². The van der Waals surface area contributed by atoms with Gasteiger partial charge >= 0.3 is 5.97 Å². The summed E-state index contributed by atoms with van der Waals surface area (Å²) in [7, 11) is 1.65. The van der Waals surface area contributed by atoms with Gasteiger partial charge in [0.25, 0.3) is 0 Å². The van der Waals surface area contributed by atoms with E-state index < -0.39 is 0 Å². The van der Waals surface area contributed by atoms with Gasteiger partial charge in [-0.1, -0.05) is 6.08 Å². The molecule has 1 atom stereocenters. The third-order valence-electron chi connectivity index (χ3n) is 1.96. The minimum absolute atomic E-state index is 0.0966. The molecule has 0 amide bonds. The molecule has 0 spiro atoms. The average Bonchev–Trinajstić information content (AvgIpc) is 2.18. The summed E-state index contributed by atoms with van der Waals surface area (Å²) >= 11 is 0. The van der Waals surface area contributed by atoms with E-state index in [2.05, 4.69) is 6.58 Å². The normalized spacial score (nSPS) is 12.5. The van der Waals surface area contributed by atoms with Crippen LogP contribution in [0.15, 0.2) is 12.7 Å². The lowest BCUT2D eigenvalue weighted by molar-refractivity contribution is -0.144. The Kier molecular flexibility index (Phi) is 7.95. The molecule has 0 aliphatic carbocycles. The molecule has 15 heavy (non-hydrogen) atoms. The van der Waals surface area contributed by atoms with E-state index in [-0.39, 0.29) is 18.6 Å². The third kappa shape index (κ3) is 7.11. The van der Waals surface area contributed by atoms with Crippen LogP contribution in [0.25, 0.3) is 0 Å². The van der Waals surface area contributed by atoms with Gasteiger partial charge < -0.3 is 9.47 Å². The predicted molar refractivity (Wildman–Crippen MR) is 59.7 cm³/mol. The Morgan fingerprint density at radius 1 is 1.60 bits per heavy atom. The smallest absolute Gasteiger partial charge is 0.320 e. The van der Waals surface area contributed by atoms with Crippen molar-refractivity contribution in [2.75, 3.05) is 33.4 Å². The van der Waals surface area contributed by atoms with Crippen LogP contribution in [0.4, 0.5) is 0 Å². The number of nitrogens with zero attached hydrogens (tertiary/aromatic N) is 1. The minimum Gasteiger partial charge on any atom is -0.465 e. The summed E-state index contributed by atoms with van der Waals surface area (Å²) in [6, 6.07) is 0. The molecule has 88 valence electrons. The molecule has 0 fully saturated rings. The van der Waals surface area contributed by atoms with E-state index in [0.717, 1.165) is 0 Å². The largest absolute Gasteiger partial charge is 0.465 e. The number of carbonyl (C=O) groups excluding carboxylic acids is 1. The van der Waals surface area contributed by atoms with Crippen molar-refractivity contribution in [3.05, 3.63) is 12.7 Å². The van der Waals surface area contributed by atoms with Gasteiger partial charge in [-0.05, 0) is 13.8 Å². The van der Waals surface area contributed by atoms with Gasteiger partial charge in [0.05, 0.1) is 19.3 Å². The van der Waals surface area contributed by atoms with Gasteiger partial charge in [0.1, 0.15) is 0 Å². The maximum Gasteiger partial charge on any atom is 0.320 e. The number of rotatable bonds is 8. The highest BCUT2D eigenvalue weighted by Crippen LogP contribution is 1.96. The number of esters is 1. The number of ether oxygens (including phenoxy) is 2. The highest BCUT2D eigenvalue weighted by atomic mass is 16.5. The van der Waals surface area contributed by atoms with Crippen LogP contribution in [0.1, 0.15) is 13.8 Å². The van der Waals surface area contributed by atoms with E-state index >= 15 is 0 Å². The van der Waals surface area contributed by atoms with Crippen molar-refractivity contribution >= 4 is 5.97 Å². The second-order valence-corrected chi connectivity index (χ2v) is 3.33. The summed E-state index contributed by atoms with van der Waals surface area (Å²) in [5.41, 5.74) is 0. The Balaban J connectivity index is 4.02. The molecule has 0 rings (SSSR count). The summed E-state index contributed by atoms with van der Waals surface area (Å²) < 4.78 is 10.0. The lowest BCUT2D eigenvalue weighted by Crippen LogP contribution is -2.36. The van der Waals surface area contributed by atoms with Crippen LogP contribution >= 0.6 is 0 Å². The van der Waals surface area contributed by atoms with Gasteiger partial charge in [0, 0.05) is 20.2 Å². The molecule has 4 heteroatoms. The van der Waals surface area contributed by atoms with Gasteiger partial charge in [-0.2, -0.15) is 0 Å². The molecule has 0 bridgehead atoms. The second kappa shape index (κ2) is 8.44. The van der Waals surface area contributed by atoms with Gasteiger partial charge in [-0.25, -0.2) is 0 Å². The van der Waals surface area contributed by atoms with Crippen molar-refractivity contribution in [2.45, 2.75) is 20.0 Å². The topological polar surface area (TPSA) is 38.8 Å². The second-order valence-electron chi connectivity index (χ2n) is 3.33. The first-order valence-electron chi connectivity index (χ1n) is 5.15. The van der Waals surface area contributed by atoms with Crippen molar-refractivity contribution in [1.29, 1.82) is 0 Å². The first-order chi connectivity index (χ1) is 7.13. The monoisotopic (exact) mass is 215 g/mol. The Bertz CT molecular complexity index is 194. The molecule has 0 aliphatic heterocycles. The van der Waals surface area contributed by atoms with E-state index in [0.29, 0.717) is 19.7 Å². The molecule has 0 heterocycles. The highest BCUT2D eigenvalue weighted by Gasteiger charge is 2.12. The number of methoxy groups -OCH3 is 1. The molecule has 0 radical (unpaired) electrons. The van der Waals surface area contributed by atoms with Crippen LogP contribution in [0, 0.1) is 0 Å². The molecule has 0 aromatic heterocycles. The molecule has 0 aliphatic rings. The number of hydrogen-bond donors (Lipinski definition) is 0. The number of carbonyl (C=O) groups is 1. The molecule has 1 unspecified atom stereocenters. The molecule has 0 saturated carbocycles. The van der Waals surface area contributed by atoms with E-state index in [4.69, 9.17) is 9.47 Å². The third-order valence-corrected chi connectivity index (χ3v) is 1.96. The van der Waals surface area contributed by atoms with E-state index in [1.165, 1.54) is 0 Å². The summed E-state index contributed by atoms with van der Waals surface area (Å²) in [5.74, 6) is -0.206. The van der Waals surface area contributed by atoms with Crippen LogP contribution in [0.3, 0.4) is 0 Å². The maximum absolute atomic E-state index is 11.3. The zero-order valence-electron chi connectivity index (χ0n) is 9.86. The van der Waals surface area contributed by atoms with Crippen LogP contribution < -0.4 is 0 Å². The SMILES string of the molecule is C=CCN(CC(=O)OCC)CC(C)OC. The molecule has 0 aromatic rings. The summed E-state index contributed by atoms with van der Waals surface area (Å²) in [5, 5.41) is 0.